The molecule has 0 radical (unpaired) electrons. The second kappa shape index (κ2) is 6.44. The van der Waals surface area contributed by atoms with Gasteiger partial charge in [-0.1, -0.05) is 9.59 Å². The zero-order chi connectivity index (χ0) is 13.5. The summed E-state index contributed by atoms with van der Waals surface area (Å²) in [7, 11) is 0. The van der Waals surface area contributed by atoms with Gasteiger partial charge in [0.2, 0.25) is 5.13 Å². The molecule has 4 N–H and O–H groups in total. The molecule has 10 nitrogen and oxygen atoms in total. The van der Waals surface area contributed by atoms with E-state index in [2.05, 4.69) is 25.4 Å². The van der Waals surface area contributed by atoms with Crippen LogP contribution in [0, 0.1) is 0 Å². The lowest BCUT2D eigenvalue weighted by Gasteiger charge is -2.12. The lowest BCUT2D eigenvalue weighted by molar-refractivity contribution is -0.140. The number of aliphatic carboxylic acids is 2. The third kappa shape index (κ3) is 4.69. The molecule has 2 amide bonds. The van der Waals surface area contributed by atoms with Gasteiger partial charge in [-0.05, 0) is 11.6 Å². The number of carbonyl (C=O) groups is 3. The number of carboxylic acid groups (broad SMARTS) is 2. The normalized spacial score (nSPS) is 11.6. The van der Waals surface area contributed by atoms with Crippen LogP contribution in [-0.4, -0.2) is 49.0 Å². The molecule has 0 fully saturated rings. The molecule has 1 aromatic rings. The Morgan fingerprint density at radius 2 is 2.06 bits per heavy atom. The fraction of sp³-hybridized carbons (Fsp3) is 0.429. The zero-order valence-electron chi connectivity index (χ0n) is 8.86. The number of nitrogens with one attached hydrogen (secondary N) is 2. The minimum absolute atomic E-state index is 0.106. The summed E-state index contributed by atoms with van der Waals surface area (Å²) in [6.07, 6.45) is -0.579. The minimum atomic E-state index is -1.32. The standard InChI is InChI=1S/C7H9N5O5S/c13-4(14)2-1-3(5(15)16)8-6(17)9-7-10-11-12-18-7/h3H,1-2H2,(H,13,14)(H,15,16)(H2,8,9,10,12,17)/t3-/m0/s1. The summed E-state index contributed by atoms with van der Waals surface area (Å²) in [5.41, 5.74) is 0. The molecule has 18 heavy (non-hydrogen) atoms. The van der Waals surface area contributed by atoms with Gasteiger partial charge in [-0.25, -0.2) is 9.59 Å². The summed E-state index contributed by atoms with van der Waals surface area (Å²) in [5, 5.41) is 28.3. The maximum Gasteiger partial charge on any atom is 0.326 e. The first-order chi connectivity index (χ1) is 8.49. The van der Waals surface area contributed by atoms with E-state index in [0.29, 0.717) is 0 Å². The van der Waals surface area contributed by atoms with Crippen molar-refractivity contribution in [3.8, 4) is 0 Å². The molecule has 98 valence electrons. The van der Waals surface area contributed by atoms with E-state index in [1.807, 2.05) is 0 Å². The van der Waals surface area contributed by atoms with Crippen LogP contribution in [0.25, 0.3) is 0 Å². The Hall–Kier alpha value is -2.30. The monoisotopic (exact) mass is 275 g/mol. The summed E-state index contributed by atoms with van der Waals surface area (Å²) in [6, 6.07) is -2.10. The number of rotatable bonds is 6. The van der Waals surface area contributed by atoms with Gasteiger partial charge in [-0.3, -0.25) is 10.1 Å². The summed E-state index contributed by atoms with van der Waals surface area (Å²) < 4.78 is 3.39. The number of nitrogens with zero attached hydrogens (tertiary/aromatic N) is 3. The SMILES string of the molecule is O=C(O)CC[C@H](NC(=O)Nc1nnns1)C(=O)O. The minimum Gasteiger partial charge on any atom is -0.481 e. The smallest absolute Gasteiger partial charge is 0.326 e. The number of amides is 2. The van der Waals surface area contributed by atoms with Gasteiger partial charge in [0.25, 0.3) is 0 Å². The van der Waals surface area contributed by atoms with E-state index in [0.717, 1.165) is 11.5 Å². The Balaban J connectivity index is 2.47. The van der Waals surface area contributed by atoms with Crippen LogP contribution in [0.2, 0.25) is 0 Å². The molecule has 0 saturated carbocycles. The summed E-state index contributed by atoms with van der Waals surface area (Å²) >= 11 is 0.819. The van der Waals surface area contributed by atoms with Gasteiger partial charge in [0.1, 0.15) is 6.04 Å². The van der Waals surface area contributed by atoms with Gasteiger partial charge in [0, 0.05) is 18.0 Å². The topological polar surface area (TPSA) is 154 Å². The van der Waals surface area contributed by atoms with Crippen molar-refractivity contribution in [2.75, 3.05) is 5.32 Å². The summed E-state index contributed by atoms with van der Waals surface area (Å²) in [6.45, 7) is 0. The van der Waals surface area contributed by atoms with Crippen molar-refractivity contribution >= 4 is 34.6 Å². The highest BCUT2D eigenvalue weighted by Gasteiger charge is 2.21. The number of carbonyl (C=O) groups excluding carboxylic acids is 1. The van der Waals surface area contributed by atoms with Crippen LogP contribution in [0.15, 0.2) is 0 Å². The Morgan fingerprint density at radius 3 is 2.56 bits per heavy atom. The van der Waals surface area contributed by atoms with Crippen LogP contribution in [0.5, 0.6) is 0 Å². The zero-order valence-corrected chi connectivity index (χ0v) is 9.68. The molecule has 0 aliphatic heterocycles. The first kappa shape index (κ1) is 13.8. The Bertz CT molecular complexity index is 435. The third-order valence-electron chi connectivity index (χ3n) is 1.77. The second-order valence-electron chi connectivity index (χ2n) is 3.09. The van der Waals surface area contributed by atoms with Gasteiger partial charge >= 0.3 is 18.0 Å². The number of hydrogen-bond donors (Lipinski definition) is 4. The van der Waals surface area contributed by atoms with E-state index in [-0.39, 0.29) is 18.0 Å². The van der Waals surface area contributed by atoms with E-state index in [4.69, 9.17) is 10.2 Å². The summed E-state index contributed by atoms with van der Waals surface area (Å²) in [4.78, 5) is 32.4. The van der Waals surface area contributed by atoms with Crippen LogP contribution in [0.4, 0.5) is 9.93 Å². The first-order valence-corrected chi connectivity index (χ1v) is 5.43. The number of anilines is 1. The van der Waals surface area contributed by atoms with Gasteiger partial charge in [0.15, 0.2) is 0 Å². The molecule has 1 heterocycles. The number of urea groups is 1. The Morgan fingerprint density at radius 1 is 1.33 bits per heavy atom. The van der Waals surface area contributed by atoms with Crippen molar-refractivity contribution in [2.24, 2.45) is 0 Å². The predicted octanol–water partition coefficient (Wildman–Crippen LogP) is -0.627. The van der Waals surface area contributed by atoms with Crippen molar-refractivity contribution in [3.05, 3.63) is 0 Å². The highest BCUT2D eigenvalue weighted by atomic mass is 32.1. The van der Waals surface area contributed by atoms with Crippen molar-refractivity contribution in [3.63, 3.8) is 0 Å². The average Bonchev–Trinajstić information content (AvgIpc) is 2.76. The average molecular weight is 275 g/mol. The second-order valence-corrected chi connectivity index (χ2v) is 3.82. The molecule has 0 aliphatic carbocycles. The maximum absolute atomic E-state index is 11.3. The van der Waals surface area contributed by atoms with Crippen molar-refractivity contribution < 1.29 is 24.6 Å². The third-order valence-corrected chi connectivity index (χ3v) is 2.28. The first-order valence-electron chi connectivity index (χ1n) is 4.66. The van der Waals surface area contributed by atoms with E-state index >= 15 is 0 Å². The molecule has 0 aromatic carbocycles. The molecule has 11 heteroatoms. The van der Waals surface area contributed by atoms with Crippen molar-refractivity contribution in [2.45, 2.75) is 18.9 Å². The van der Waals surface area contributed by atoms with E-state index < -0.39 is 24.0 Å². The largest absolute Gasteiger partial charge is 0.481 e. The highest BCUT2D eigenvalue weighted by molar-refractivity contribution is 7.09. The molecule has 0 spiro atoms. The molecule has 1 aromatic heterocycles. The molecule has 0 unspecified atom stereocenters. The quantitative estimate of drug-likeness (QED) is 0.535. The lowest BCUT2D eigenvalue weighted by Crippen LogP contribution is -2.43. The summed E-state index contributed by atoms with van der Waals surface area (Å²) in [5.74, 6) is -2.46. The fourth-order valence-electron chi connectivity index (χ4n) is 0.999. The molecule has 1 atom stereocenters. The number of hydrogen-bond acceptors (Lipinski definition) is 7. The molecule has 0 aliphatic rings. The maximum atomic E-state index is 11.3. The van der Waals surface area contributed by atoms with Crippen molar-refractivity contribution in [1.82, 2.24) is 20.1 Å². The van der Waals surface area contributed by atoms with Gasteiger partial charge < -0.3 is 15.5 Å². The highest BCUT2D eigenvalue weighted by Crippen LogP contribution is 2.05. The fourth-order valence-corrected chi connectivity index (χ4v) is 1.36. The van der Waals surface area contributed by atoms with Crippen molar-refractivity contribution in [1.29, 1.82) is 0 Å². The predicted molar refractivity (Wildman–Crippen MR) is 58.2 cm³/mol. The van der Waals surface area contributed by atoms with E-state index in [9.17, 15) is 14.4 Å². The number of carboxylic acids is 2. The Labute approximate surface area is 104 Å². The van der Waals surface area contributed by atoms with Crippen LogP contribution in [-0.2, 0) is 9.59 Å². The lowest BCUT2D eigenvalue weighted by atomic mass is 10.1. The van der Waals surface area contributed by atoms with Crippen LogP contribution in [0.1, 0.15) is 12.8 Å². The van der Waals surface area contributed by atoms with Crippen LogP contribution >= 0.6 is 11.5 Å². The molecule has 0 saturated heterocycles. The van der Waals surface area contributed by atoms with Crippen LogP contribution < -0.4 is 10.6 Å². The molecule has 1 rings (SSSR count). The van der Waals surface area contributed by atoms with E-state index in [1.54, 1.807) is 0 Å². The Kier molecular flexibility index (Phi) is 4.92. The van der Waals surface area contributed by atoms with E-state index in [1.165, 1.54) is 0 Å². The van der Waals surface area contributed by atoms with Crippen LogP contribution in [0.3, 0.4) is 0 Å². The molecule has 0 bridgehead atoms. The molecular weight excluding hydrogens is 266 g/mol. The van der Waals surface area contributed by atoms with Gasteiger partial charge in [-0.15, -0.1) is 0 Å². The van der Waals surface area contributed by atoms with Gasteiger partial charge in [-0.2, -0.15) is 0 Å². The van der Waals surface area contributed by atoms with Gasteiger partial charge in [0.05, 0.1) is 0 Å². The molecular formula is C7H9N5O5S. The number of aromatic nitrogens is 3.